The number of piperidine rings is 1. The maximum Gasteiger partial charge on any atom is 0.0485 e. The summed E-state index contributed by atoms with van der Waals surface area (Å²) in [4.78, 5) is 2.41. The lowest BCUT2D eigenvalue weighted by Gasteiger charge is -2.29. The molecular weight excluding hydrogens is 344 g/mol. The summed E-state index contributed by atoms with van der Waals surface area (Å²) in [6.45, 7) is 3.54. The number of hydrogen-bond acceptors (Lipinski definition) is 2. The summed E-state index contributed by atoms with van der Waals surface area (Å²) in [7, 11) is 2.20. The first-order valence-corrected chi connectivity index (χ1v) is 7.61. The highest BCUT2D eigenvalue weighted by molar-refractivity contribution is 9.11. The quantitative estimate of drug-likeness (QED) is 0.876. The van der Waals surface area contributed by atoms with Crippen LogP contribution in [0.1, 0.15) is 12.8 Å². The van der Waals surface area contributed by atoms with Crippen LogP contribution in [-0.2, 0) is 0 Å². The molecule has 17 heavy (non-hydrogen) atoms. The van der Waals surface area contributed by atoms with E-state index in [0.29, 0.717) is 0 Å². The normalized spacial score (nSPS) is 18.3. The number of benzene rings is 1. The minimum atomic E-state index is 0.807. The van der Waals surface area contributed by atoms with Crippen LogP contribution in [0.15, 0.2) is 27.1 Å². The third kappa shape index (κ3) is 3.97. The number of rotatable bonds is 3. The van der Waals surface area contributed by atoms with E-state index in [2.05, 4.69) is 67.3 Å². The number of anilines is 1. The van der Waals surface area contributed by atoms with Crippen molar-refractivity contribution in [1.29, 1.82) is 0 Å². The van der Waals surface area contributed by atoms with Crippen LogP contribution >= 0.6 is 31.9 Å². The van der Waals surface area contributed by atoms with Gasteiger partial charge in [-0.2, -0.15) is 0 Å². The number of nitrogens with one attached hydrogen (secondary N) is 1. The minimum absolute atomic E-state index is 0.807. The first-order chi connectivity index (χ1) is 8.15. The van der Waals surface area contributed by atoms with E-state index in [1.54, 1.807) is 0 Å². The molecule has 1 fully saturated rings. The van der Waals surface area contributed by atoms with Crippen molar-refractivity contribution >= 4 is 37.5 Å². The maximum absolute atomic E-state index is 3.58. The number of nitrogens with zero attached hydrogens (tertiary/aromatic N) is 1. The molecular formula is C13H18Br2N2. The number of hydrogen-bond donors (Lipinski definition) is 1. The molecule has 2 rings (SSSR count). The van der Waals surface area contributed by atoms with Gasteiger partial charge in [0.2, 0.25) is 0 Å². The van der Waals surface area contributed by atoms with Crippen LogP contribution in [0.2, 0.25) is 0 Å². The second-order valence-corrected chi connectivity index (χ2v) is 6.52. The van der Waals surface area contributed by atoms with Crippen LogP contribution < -0.4 is 5.32 Å². The van der Waals surface area contributed by atoms with Gasteiger partial charge in [-0.15, -0.1) is 0 Å². The molecule has 94 valence electrons. The van der Waals surface area contributed by atoms with E-state index < -0.39 is 0 Å². The minimum Gasteiger partial charge on any atom is -0.384 e. The standard InChI is InChI=1S/C13H18Br2N2/c1-17-6-4-10(5-7-17)9-16-13-3-2-11(14)8-12(13)15/h2-3,8,10,16H,4-7,9H2,1H3. The summed E-state index contributed by atoms with van der Waals surface area (Å²) in [6.07, 6.45) is 2.61. The molecule has 0 radical (unpaired) electrons. The van der Waals surface area contributed by atoms with Crippen LogP contribution in [0.5, 0.6) is 0 Å². The van der Waals surface area contributed by atoms with E-state index in [-0.39, 0.29) is 0 Å². The fourth-order valence-corrected chi connectivity index (χ4v) is 3.34. The highest BCUT2D eigenvalue weighted by Gasteiger charge is 2.16. The van der Waals surface area contributed by atoms with Crippen LogP contribution in [0.3, 0.4) is 0 Å². The third-order valence-corrected chi connectivity index (χ3v) is 4.50. The number of halogens is 2. The van der Waals surface area contributed by atoms with Gasteiger partial charge >= 0.3 is 0 Å². The Balaban J connectivity index is 1.85. The SMILES string of the molecule is CN1CCC(CNc2ccc(Br)cc2Br)CC1. The summed E-state index contributed by atoms with van der Waals surface area (Å²) in [6, 6.07) is 6.27. The van der Waals surface area contributed by atoms with Gasteiger partial charge < -0.3 is 10.2 Å². The van der Waals surface area contributed by atoms with Crippen LogP contribution in [0.4, 0.5) is 5.69 Å². The van der Waals surface area contributed by atoms with E-state index in [1.807, 2.05) is 0 Å². The maximum atomic E-state index is 3.58. The Morgan fingerprint density at radius 3 is 2.65 bits per heavy atom. The zero-order valence-corrected chi connectivity index (χ0v) is 13.2. The first kappa shape index (κ1) is 13.4. The molecule has 0 unspecified atom stereocenters. The van der Waals surface area contributed by atoms with Crippen molar-refractivity contribution in [2.75, 3.05) is 32.0 Å². The third-order valence-electron chi connectivity index (χ3n) is 3.35. The predicted molar refractivity (Wildman–Crippen MR) is 80.6 cm³/mol. The van der Waals surface area contributed by atoms with Crippen LogP contribution in [0, 0.1) is 5.92 Å². The zero-order chi connectivity index (χ0) is 12.3. The van der Waals surface area contributed by atoms with Crippen molar-refractivity contribution in [2.45, 2.75) is 12.8 Å². The molecule has 0 bridgehead atoms. The van der Waals surface area contributed by atoms with Gasteiger partial charge in [0.15, 0.2) is 0 Å². The van der Waals surface area contributed by atoms with Gasteiger partial charge in [-0.25, -0.2) is 0 Å². The highest BCUT2D eigenvalue weighted by Crippen LogP contribution is 2.27. The van der Waals surface area contributed by atoms with E-state index in [4.69, 9.17) is 0 Å². The van der Waals surface area contributed by atoms with Gasteiger partial charge in [0.05, 0.1) is 0 Å². The lowest BCUT2D eigenvalue weighted by molar-refractivity contribution is 0.226. The molecule has 1 heterocycles. The Bertz CT molecular complexity index is 374. The summed E-state index contributed by atoms with van der Waals surface area (Å²) < 4.78 is 2.23. The van der Waals surface area contributed by atoms with Crippen molar-refractivity contribution in [1.82, 2.24) is 4.90 Å². The summed E-state index contributed by atoms with van der Waals surface area (Å²) in [5.41, 5.74) is 1.19. The average molecular weight is 362 g/mol. The molecule has 4 heteroatoms. The van der Waals surface area contributed by atoms with Crippen molar-refractivity contribution in [3.63, 3.8) is 0 Å². The summed E-state index contributed by atoms with van der Waals surface area (Å²) >= 11 is 7.05. The molecule has 2 nitrogen and oxygen atoms in total. The molecule has 1 aliphatic rings. The second kappa shape index (κ2) is 6.21. The topological polar surface area (TPSA) is 15.3 Å². The molecule has 1 N–H and O–H groups in total. The summed E-state index contributed by atoms with van der Waals surface area (Å²) in [5, 5.41) is 3.54. The molecule has 1 aromatic carbocycles. The zero-order valence-electron chi connectivity index (χ0n) is 10.0. The lowest BCUT2D eigenvalue weighted by atomic mass is 9.97. The fourth-order valence-electron chi connectivity index (χ4n) is 2.15. The molecule has 0 spiro atoms. The van der Waals surface area contributed by atoms with Gasteiger partial charge in [-0.1, -0.05) is 15.9 Å². The second-order valence-electron chi connectivity index (χ2n) is 4.75. The Morgan fingerprint density at radius 1 is 1.29 bits per heavy atom. The molecule has 1 aliphatic heterocycles. The lowest BCUT2D eigenvalue weighted by Crippen LogP contribution is -2.32. The Morgan fingerprint density at radius 2 is 2.00 bits per heavy atom. The van der Waals surface area contributed by atoms with Gasteiger partial charge in [0, 0.05) is 21.2 Å². The smallest absolute Gasteiger partial charge is 0.0485 e. The molecule has 0 aliphatic carbocycles. The van der Waals surface area contributed by atoms with Crippen LogP contribution in [0.25, 0.3) is 0 Å². The van der Waals surface area contributed by atoms with E-state index in [0.717, 1.165) is 21.4 Å². The van der Waals surface area contributed by atoms with Crippen molar-refractivity contribution in [3.05, 3.63) is 27.1 Å². The molecule has 0 atom stereocenters. The van der Waals surface area contributed by atoms with E-state index in [1.165, 1.54) is 31.6 Å². The van der Waals surface area contributed by atoms with Crippen molar-refractivity contribution in [3.8, 4) is 0 Å². The largest absolute Gasteiger partial charge is 0.384 e. The predicted octanol–water partition coefficient (Wildman–Crippen LogP) is 3.97. The van der Waals surface area contributed by atoms with E-state index in [9.17, 15) is 0 Å². The van der Waals surface area contributed by atoms with E-state index >= 15 is 0 Å². The summed E-state index contributed by atoms with van der Waals surface area (Å²) in [5.74, 6) is 0.807. The fraction of sp³-hybridized carbons (Fsp3) is 0.538. The average Bonchev–Trinajstić information content (AvgIpc) is 2.30. The van der Waals surface area contributed by atoms with Crippen LogP contribution in [-0.4, -0.2) is 31.6 Å². The molecule has 1 saturated heterocycles. The molecule has 0 aromatic heterocycles. The molecule has 0 saturated carbocycles. The first-order valence-electron chi connectivity index (χ1n) is 6.02. The highest BCUT2D eigenvalue weighted by atomic mass is 79.9. The Labute approximate surface area is 120 Å². The Hall–Kier alpha value is -0.0600. The van der Waals surface area contributed by atoms with Crippen molar-refractivity contribution in [2.24, 2.45) is 5.92 Å². The van der Waals surface area contributed by atoms with Gasteiger partial charge in [-0.05, 0) is 73.0 Å². The number of likely N-dealkylation sites (tertiary alicyclic amines) is 1. The molecule has 0 amide bonds. The van der Waals surface area contributed by atoms with Gasteiger partial charge in [-0.3, -0.25) is 0 Å². The molecule has 1 aromatic rings. The van der Waals surface area contributed by atoms with Gasteiger partial charge in [0.1, 0.15) is 0 Å². The van der Waals surface area contributed by atoms with Crippen molar-refractivity contribution < 1.29 is 0 Å². The van der Waals surface area contributed by atoms with Gasteiger partial charge in [0.25, 0.3) is 0 Å². The Kier molecular flexibility index (Phi) is 4.88. The monoisotopic (exact) mass is 360 g/mol.